The molecule has 19 heavy (non-hydrogen) atoms. The Labute approximate surface area is 115 Å². The van der Waals surface area contributed by atoms with Crippen molar-refractivity contribution in [1.82, 2.24) is 10.2 Å². The molecule has 0 amide bonds. The van der Waals surface area contributed by atoms with E-state index in [9.17, 15) is 4.79 Å². The first kappa shape index (κ1) is 13.4. The monoisotopic (exact) mass is 266 g/mol. The summed E-state index contributed by atoms with van der Waals surface area (Å²) in [6.45, 7) is 3.15. The van der Waals surface area contributed by atoms with Crippen molar-refractivity contribution in [3.63, 3.8) is 0 Å². The van der Waals surface area contributed by atoms with Crippen molar-refractivity contribution in [3.05, 3.63) is 0 Å². The number of carbonyl (C=O) groups is 1. The van der Waals surface area contributed by atoms with E-state index in [1.807, 2.05) is 0 Å². The number of rotatable bonds is 5. The van der Waals surface area contributed by atoms with Gasteiger partial charge in [-0.3, -0.25) is 9.69 Å². The normalized spacial score (nSPS) is 32.9. The lowest BCUT2D eigenvalue weighted by atomic mass is 9.86. The Morgan fingerprint density at radius 1 is 1.26 bits per heavy atom. The van der Waals surface area contributed by atoms with Gasteiger partial charge in [-0.1, -0.05) is 6.42 Å². The average molecular weight is 266 g/mol. The Morgan fingerprint density at radius 2 is 2.05 bits per heavy atom. The zero-order valence-corrected chi connectivity index (χ0v) is 11.9. The van der Waals surface area contributed by atoms with Crippen LogP contribution in [0.4, 0.5) is 0 Å². The summed E-state index contributed by atoms with van der Waals surface area (Å²) in [6.07, 6.45) is 7.68. The zero-order chi connectivity index (χ0) is 13.2. The molecule has 3 rings (SSSR count). The minimum Gasteiger partial charge on any atom is -0.469 e. The molecule has 0 bridgehead atoms. The van der Waals surface area contributed by atoms with Gasteiger partial charge >= 0.3 is 5.97 Å². The average Bonchev–Trinajstić information content (AvgIpc) is 3.17. The first-order chi connectivity index (χ1) is 9.26. The van der Waals surface area contributed by atoms with Gasteiger partial charge in [0.05, 0.1) is 13.0 Å². The van der Waals surface area contributed by atoms with E-state index < -0.39 is 0 Å². The first-order valence-corrected chi connectivity index (χ1v) is 7.81. The van der Waals surface area contributed by atoms with Crippen LogP contribution in [0.25, 0.3) is 0 Å². The summed E-state index contributed by atoms with van der Waals surface area (Å²) in [5.74, 6) is 0.939. The Morgan fingerprint density at radius 3 is 2.63 bits per heavy atom. The van der Waals surface area contributed by atoms with Crippen LogP contribution >= 0.6 is 0 Å². The molecule has 0 radical (unpaired) electrons. The maximum atomic E-state index is 11.9. The van der Waals surface area contributed by atoms with Crippen LogP contribution in [0.3, 0.4) is 0 Å². The van der Waals surface area contributed by atoms with Crippen LogP contribution in [0, 0.1) is 11.8 Å². The van der Waals surface area contributed by atoms with Crippen molar-refractivity contribution in [2.45, 2.75) is 50.6 Å². The molecule has 4 heteroatoms. The molecule has 0 spiro atoms. The summed E-state index contributed by atoms with van der Waals surface area (Å²) in [6, 6.07) is 1.19. The molecule has 2 atom stereocenters. The van der Waals surface area contributed by atoms with Gasteiger partial charge in [0.25, 0.3) is 0 Å². The minimum atomic E-state index is -0.0257. The number of hydrogen-bond acceptors (Lipinski definition) is 4. The van der Waals surface area contributed by atoms with Gasteiger partial charge < -0.3 is 10.1 Å². The summed E-state index contributed by atoms with van der Waals surface area (Å²) >= 11 is 0. The van der Waals surface area contributed by atoms with Gasteiger partial charge in [0.15, 0.2) is 0 Å². The van der Waals surface area contributed by atoms with Crippen LogP contribution in [-0.4, -0.2) is 49.7 Å². The van der Waals surface area contributed by atoms with Crippen LogP contribution in [0.2, 0.25) is 0 Å². The number of piperidine rings is 1. The summed E-state index contributed by atoms with van der Waals surface area (Å²) < 4.78 is 4.96. The Hall–Kier alpha value is -0.610. The van der Waals surface area contributed by atoms with Gasteiger partial charge in [-0.05, 0) is 44.6 Å². The molecule has 0 aromatic heterocycles. The van der Waals surface area contributed by atoms with E-state index in [2.05, 4.69) is 10.2 Å². The standard InChI is InChI=1S/C15H26N2O2/c1-19-15(18)12-7-13(16-8-11-5-6-11)10-17(9-12)14-3-2-4-14/h11-14,16H,2-10H2,1H3. The highest BCUT2D eigenvalue weighted by atomic mass is 16.5. The smallest absolute Gasteiger partial charge is 0.310 e. The second-order valence-electron chi connectivity index (χ2n) is 6.54. The van der Waals surface area contributed by atoms with E-state index >= 15 is 0 Å². The van der Waals surface area contributed by atoms with Crippen molar-refractivity contribution >= 4 is 5.97 Å². The van der Waals surface area contributed by atoms with Crippen molar-refractivity contribution in [1.29, 1.82) is 0 Å². The third-order valence-electron chi connectivity index (χ3n) is 5.00. The maximum absolute atomic E-state index is 11.9. The van der Waals surface area contributed by atoms with Crippen molar-refractivity contribution in [2.75, 3.05) is 26.7 Å². The molecule has 2 saturated carbocycles. The summed E-state index contributed by atoms with van der Waals surface area (Å²) in [5.41, 5.74) is 0. The lowest BCUT2D eigenvalue weighted by Crippen LogP contribution is -2.55. The van der Waals surface area contributed by atoms with Crippen LogP contribution in [0.5, 0.6) is 0 Å². The van der Waals surface area contributed by atoms with Crippen LogP contribution < -0.4 is 5.32 Å². The van der Waals surface area contributed by atoms with Crippen LogP contribution in [0.1, 0.15) is 38.5 Å². The van der Waals surface area contributed by atoms with Gasteiger partial charge in [-0.25, -0.2) is 0 Å². The fraction of sp³-hybridized carbons (Fsp3) is 0.933. The Kier molecular flexibility index (Phi) is 4.08. The van der Waals surface area contributed by atoms with Crippen LogP contribution in [0.15, 0.2) is 0 Å². The van der Waals surface area contributed by atoms with Gasteiger partial charge in [-0.15, -0.1) is 0 Å². The van der Waals surface area contributed by atoms with Gasteiger partial charge in [-0.2, -0.15) is 0 Å². The molecule has 1 heterocycles. The molecule has 1 aliphatic heterocycles. The zero-order valence-electron chi connectivity index (χ0n) is 11.9. The molecule has 3 aliphatic rings. The second-order valence-corrected chi connectivity index (χ2v) is 6.54. The number of hydrogen-bond donors (Lipinski definition) is 1. The molecule has 4 nitrogen and oxygen atoms in total. The van der Waals surface area contributed by atoms with E-state index in [0.717, 1.165) is 38.0 Å². The number of likely N-dealkylation sites (tertiary alicyclic amines) is 1. The highest BCUT2D eigenvalue weighted by Gasteiger charge is 2.37. The summed E-state index contributed by atoms with van der Waals surface area (Å²) in [7, 11) is 1.51. The molecule has 2 unspecified atom stereocenters. The van der Waals surface area contributed by atoms with Crippen molar-refractivity contribution in [3.8, 4) is 0 Å². The van der Waals surface area contributed by atoms with E-state index in [1.165, 1.54) is 39.2 Å². The predicted molar refractivity (Wildman–Crippen MR) is 73.8 cm³/mol. The fourth-order valence-electron chi connectivity index (χ4n) is 3.32. The first-order valence-electron chi connectivity index (χ1n) is 7.81. The SMILES string of the molecule is COC(=O)C1CC(NCC2CC2)CN(C2CCC2)C1. The molecule has 1 saturated heterocycles. The number of nitrogens with one attached hydrogen (secondary N) is 1. The summed E-state index contributed by atoms with van der Waals surface area (Å²) in [5, 5.41) is 3.68. The molecule has 108 valence electrons. The van der Waals surface area contributed by atoms with E-state index in [1.54, 1.807) is 0 Å². The van der Waals surface area contributed by atoms with E-state index in [0.29, 0.717) is 6.04 Å². The van der Waals surface area contributed by atoms with Gasteiger partial charge in [0.2, 0.25) is 0 Å². The molecular formula is C15H26N2O2. The lowest BCUT2D eigenvalue weighted by Gasteiger charge is -2.44. The summed E-state index contributed by atoms with van der Waals surface area (Å²) in [4.78, 5) is 14.4. The predicted octanol–water partition coefficient (Wildman–Crippen LogP) is 1.40. The van der Waals surface area contributed by atoms with Gasteiger partial charge in [0, 0.05) is 25.2 Å². The maximum Gasteiger partial charge on any atom is 0.310 e. The highest BCUT2D eigenvalue weighted by Crippen LogP contribution is 2.31. The largest absolute Gasteiger partial charge is 0.469 e. The second kappa shape index (κ2) is 5.80. The Balaban J connectivity index is 1.56. The van der Waals surface area contributed by atoms with Crippen molar-refractivity contribution < 1.29 is 9.53 Å². The molecule has 0 aromatic carbocycles. The number of nitrogens with zero attached hydrogens (tertiary/aromatic N) is 1. The topological polar surface area (TPSA) is 41.6 Å². The van der Waals surface area contributed by atoms with Crippen LogP contribution in [-0.2, 0) is 9.53 Å². The Bertz CT molecular complexity index is 326. The minimum absolute atomic E-state index is 0.0257. The number of esters is 1. The lowest BCUT2D eigenvalue weighted by molar-refractivity contribution is -0.148. The molecule has 3 fully saturated rings. The molecule has 1 N–H and O–H groups in total. The fourth-order valence-corrected chi connectivity index (χ4v) is 3.32. The molecule has 2 aliphatic carbocycles. The quantitative estimate of drug-likeness (QED) is 0.764. The third kappa shape index (κ3) is 3.29. The number of methoxy groups -OCH3 is 1. The molecule has 0 aromatic rings. The van der Waals surface area contributed by atoms with E-state index in [-0.39, 0.29) is 11.9 Å². The highest BCUT2D eigenvalue weighted by molar-refractivity contribution is 5.72. The third-order valence-corrected chi connectivity index (χ3v) is 5.00. The molecular weight excluding hydrogens is 240 g/mol. The number of carbonyl (C=O) groups excluding carboxylic acids is 1. The van der Waals surface area contributed by atoms with Crippen molar-refractivity contribution in [2.24, 2.45) is 11.8 Å². The van der Waals surface area contributed by atoms with Gasteiger partial charge in [0.1, 0.15) is 0 Å². The van der Waals surface area contributed by atoms with E-state index in [4.69, 9.17) is 4.74 Å². The number of ether oxygens (including phenoxy) is 1.